The van der Waals surface area contributed by atoms with E-state index < -0.39 is 0 Å². The lowest BCUT2D eigenvalue weighted by atomic mass is 9.97. The summed E-state index contributed by atoms with van der Waals surface area (Å²) >= 11 is 0. The number of hydrogen-bond donors (Lipinski definition) is 1. The van der Waals surface area contributed by atoms with E-state index >= 15 is 0 Å². The highest BCUT2D eigenvalue weighted by Gasteiger charge is 2.47. The number of rotatable bonds is 3. The van der Waals surface area contributed by atoms with Crippen molar-refractivity contribution in [2.24, 2.45) is 17.8 Å². The van der Waals surface area contributed by atoms with Crippen LogP contribution in [-0.2, 0) is 4.74 Å². The number of hydrogen-bond acceptors (Lipinski definition) is 2. The van der Waals surface area contributed by atoms with E-state index in [1.54, 1.807) is 7.11 Å². The smallest absolute Gasteiger partial charge is 0.0801 e. The monoisotopic (exact) mass is 156 g/mol. The van der Waals surface area contributed by atoms with Gasteiger partial charge in [-0.05, 0) is 37.0 Å². The van der Waals surface area contributed by atoms with Crippen molar-refractivity contribution < 1.29 is 9.84 Å². The lowest BCUT2D eigenvalue weighted by Crippen LogP contribution is -2.24. The molecule has 0 spiro atoms. The average Bonchev–Trinajstić information content (AvgIpc) is 2.59. The van der Waals surface area contributed by atoms with Crippen LogP contribution in [0, 0.1) is 17.8 Å². The van der Waals surface area contributed by atoms with Gasteiger partial charge in [-0.3, -0.25) is 0 Å². The van der Waals surface area contributed by atoms with E-state index in [9.17, 15) is 5.11 Å². The minimum Gasteiger partial charge on any atom is -0.390 e. The summed E-state index contributed by atoms with van der Waals surface area (Å²) in [5.41, 5.74) is 0. The first kappa shape index (κ1) is 7.56. The van der Waals surface area contributed by atoms with Gasteiger partial charge in [0, 0.05) is 7.11 Å². The lowest BCUT2D eigenvalue weighted by Gasteiger charge is -2.17. The largest absolute Gasteiger partial charge is 0.390 e. The first-order chi connectivity index (χ1) is 5.31. The number of ether oxygens (including phenoxy) is 1. The molecular formula is C9H16O2. The van der Waals surface area contributed by atoms with Crippen molar-refractivity contribution >= 4 is 0 Å². The Morgan fingerprint density at radius 3 is 2.55 bits per heavy atom. The van der Waals surface area contributed by atoms with Gasteiger partial charge in [0.2, 0.25) is 0 Å². The van der Waals surface area contributed by atoms with Crippen LogP contribution < -0.4 is 0 Å². The highest BCUT2D eigenvalue weighted by atomic mass is 16.5. The molecule has 2 aliphatic rings. The minimum atomic E-state index is -0.201. The summed E-state index contributed by atoms with van der Waals surface area (Å²) in [5.74, 6) is 2.47. The van der Waals surface area contributed by atoms with Gasteiger partial charge < -0.3 is 9.84 Å². The molecule has 0 aromatic carbocycles. The van der Waals surface area contributed by atoms with Gasteiger partial charge in [-0.2, -0.15) is 0 Å². The van der Waals surface area contributed by atoms with Crippen LogP contribution in [-0.4, -0.2) is 24.9 Å². The first-order valence-electron chi connectivity index (χ1n) is 4.48. The van der Waals surface area contributed by atoms with Crippen molar-refractivity contribution in [2.75, 3.05) is 13.7 Å². The molecule has 0 radical (unpaired) electrons. The average molecular weight is 156 g/mol. The van der Waals surface area contributed by atoms with Gasteiger partial charge in [0.05, 0.1) is 12.7 Å². The molecule has 2 saturated carbocycles. The Morgan fingerprint density at radius 2 is 2.00 bits per heavy atom. The fourth-order valence-corrected chi connectivity index (χ4v) is 2.38. The Balaban J connectivity index is 1.77. The Hall–Kier alpha value is -0.0800. The fourth-order valence-electron chi connectivity index (χ4n) is 2.38. The van der Waals surface area contributed by atoms with E-state index in [1.807, 2.05) is 0 Å². The van der Waals surface area contributed by atoms with Crippen LogP contribution in [0.5, 0.6) is 0 Å². The lowest BCUT2D eigenvalue weighted by molar-refractivity contribution is 0.0235. The van der Waals surface area contributed by atoms with Gasteiger partial charge in [-0.1, -0.05) is 0 Å². The van der Waals surface area contributed by atoms with E-state index in [-0.39, 0.29) is 6.10 Å². The SMILES string of the molecule is COCC(O)C1CC2CC2C1. The molecule has 64 valence electrons. The predicted molar refractivity (Wildman–Crippen MR) is 42.2 cm³/mol. The maximum absolute atomic E-state index is 9.56. The van der Waals surface area contributed by atoms with Gasteiger partial charge in [-0.25, -0.2) is 0 Å². The van der Waals surface area contributed by atoms with Crippen LogP contribution in [0.25, 0.3) is 0 Å². The standard InChI is InChI=1S/C9H16O2/c1-11-5-9(10)8-3-6-2-7(6)4-8/h6-10H,2-5H2,1H3. The number of aliphatic hydroxyl groups is 1. The van der Waals surface area contributed by atoms with Gasteiger partial charge in [0.15, 0.2) is 0 Å². The van der Waals surface area contributed by atoms with Crippen molar-refractivity contribution in [1.29, 1.82) is 0 Å². The van der Waals surface area contributed by atoms with E-state index in [4.69, 9.17) is 4.74 Å². The van der Waals surface area contributed by atoms with Crippen LogP contribution >= 0.6 is 0 Å². The quantitative estimate of drug-likeness (QED) is 0.661. The second kappa shape index (κ2) is 2.76. The van der Waals surface area contributed by atoms with Crippen LogP contribution in [0.2, 0.25) is 0 Å². The molecule has 2 heteroatoms. The van der Waals surface area contributed by atoms with E-state index in [1.165, 1.54) is 19.3 Å². The van der Waals surface area contributed by atoms with E-state index in [0.717, 1.165) is 11.8 Å². The fraction of sp³-hybridized carbons (Fsp3) is 1.00. The van der Waals surface area contributed by atoms with Gasteiger partial charge in [-0.15, -0.1) is 0 Å². The molecule has 0 aliphatic heterocycles. The molecule has 2 rings (SSSR count). The molecule has 3 unspecified atom stereocenters. The molecular weight excluding hydrogens is 140 g/mol. The zero-order valence-electron chi connectivity index (χ0n) is 6.99. The normalized spacial score (nSPS) is 43.6. The maximum atomic E-state index is 9.56. The highest BCUT2D eigenvalue weighted by Crippen LogP contribution is 2.55. The maximum Gasteiger partial charge on any atom is 0.0801 e. The summed E-state index contributed by atoms with van der Waals surface area (Å²) in [4.78, 5) is 0. The molecule has 0 aromatic rings. The van der Waals surface area contributed by atoms with Crippen LogP contribution in [0.15, 0.2) is 0 Å². The summed E-state index contributed by atoms with van der Waals surface area (Å²) in [7, 11) is 1.65. The third-order valence-corrected chi connectivity index (χ3v) is 3.16. The third-order valence-electron chi connectivity index (χ3n) is 3.16. The van der Waals surface area contributed by atoms with Crippen LogP contribution in [0.1, 0.15) is 19.3 Å². The molecule has 1 N–H and O–H groups in total. The Labute approximate surface area is 67.6 Å². The molecule has 0 bridgehead atoms. The molecule has 11 heavy (non-hydrogen) atoms. The summed E-state index contributed by atoms with van der Waals surface area (Å²) in [6.45, 7) is 0.518. The number of methoxy groups -OCH3 is 1. The molecule has 0 heterocycles. The Bertz CT molecular complexity index is 136. The van der Waals surface area contributed by atoms with Gasteiger partial charge in [0.25, 0.3) is 0 Å². The summed E-state index contributed by atoms with van der Waals surface area (Å²) in [6, 6.07) is 0. The molecule has 0 amide bonds. The first-order valence-corrected chi connectivity index (χ1v) is 4.48. The molecule has 2 aliphatic carbocycles. The topological polar surface area (TPSA) is 29.5 Å². The molecule has 2 fully saturated rings. The number of aliphatic hydroxyl groups excluding tert-OH is 1. The summed E-state index contributed by atoms with van der Waals surface area (Å²) in [5, 5.41) is 9.56. The van der Waals surface area contributed by atoms with E-state index in [2.05, 4.69) is 0 Å². The molecule has 0 aromatic heterocycles. The second-order valence-corrected chi connectivity index (χ2v) is 4.01. The Kier molecular flexibility index (Phi) is 1.90. The summed E-state index contributed by atoms with van der Waals surface area (Å²) < 4.78 is 4.92. The third kappa shape index (κ3) is 1.42. The van der Waals surface area contributed by atoms with Crippen molar-refractivity contribution in [3.05, 3.63) is 0 Å². The Morgan fingerprint density at radius 1 is 1.36 bits per heavy atom. The van der Waals surface area contributed by atoms with Crippen molar-refractivity contribution in [1.82, 2.24) is 0 Å². The predicted octanol–water partition coefficient (Wildman–Crippen LogP) is 1.04. The number of fused-ring (bicyclic) bond motifs is 1. The van der Waals surface area contributed by atoms with Gasteiger partial charge >= 0.3 is 0 Å². The van der Waals surface area contributed by atoms with Crippen LogP contribution in [0.4, 0.5) is 0 Å². The summed E-state index contributed by atoms with van der Waals surface area (Å²) in [6.07, 6.45) is 3.72. The van der Waals surface area contributed by atoms with Crippen molar-refractivity contribution in [2.45, 2.75) is 25.4 Å². The van der Waals surface area contributed by atoms with Crippen molar-refractivity contribution in [3.63, 3.8) is 0 Å². The van der Waals surface area contributed by atoms with Crippen molar-refractivity contribution in [3.8, 4) is 0 Å². The van der Waals surface area contributed by atoms with E-state index in [0.29, 0.717) is 12.5 Å². The molecule has 2 nitrogen and oxygen atoms in total. The zero-order valence-corrected chi connectivity index (χ0v) is 6.99. The highest BCUT2D eigenvalue weighted by molar-refractivity contribution is 4.97. The zero-order chi connectivity index (χ0) is 7.84. The van der Waals surface area contributed by atoms with Crippen LogP contribution in [0.3, 0.4) is 0 Å². The molecule has 3 atom stereocenters. The minimum absolute atomic E-state index is 0.201. The molecule has 0 saturated heterocycles. The van der Waals surface area contributed by atoms with Gasteiger partial charge in [0.1, 0.15) is 0 Å². The second-order valence-electron chi connectivity index (χ2n) is 4.01.